The van der Waals surface area contributed by atoms with Crippen LogP contribution in [0.1, 0.15) is 12.1 Å². The SMILES string of the molecule is Cl.Cl.Cn1nnnc1SCCn1ccnc1-c1cc2n(n1)CCCNC2. The molecule has 0 aliphatic carbocycles. The minimum absolute atomic E-state index is 0. The average molecular weight is 418 g/mol. The van der Waals surface area contributed by atoms with Gasteiger partial charge in [0.25, 0.3) is 0 Å². The lowest BCUT2D eigenvalue weighted by atomic mass is 10.3. The fourth-order valence-electron chi connectivity index (χ4n) is 2.77. The van der Waals surface area contributed by atoms with E-state index in [-0.39, 0.29) is 24.8 Å². The van der Waals surface area contributed by atoms with Crippen LogP contribution in [0.3, 0.4) is 0 Å². The Labute approximate surface area is 167 Å². The maximum absolute atomic E-state index is 4.74. The predicted molar refractivity (Wildman–Crippen MR) is 104 cm³/mol. The molecule has 0 saturated heterocycles. The third-order valence-electron chi connectivity index (χ3n) is 3.98. The summed E-state index contributed by atoms with van der Waals surface area (Å²) < 4.78 is 5.90. The van der Waals surface area contributed by atoms with Crippen LogP contribution in [0.4, 0.5) is 0 Å². The first-order valence-corrected chi connectivity index (χ1v) is 8.94. The Kier molecular flexibility index (Phi) is 7.44. The van der Waals surface area contributed by atoms with E-state index >= 15 is 0 Å². The summed E-state index contributed by atoms with van der Waals surface area (Å²) in [5.74, 6) is 1.78. The molecule has 26 heavy (non-hydrogen) atoms. The van der Waals surface area contributed by atoms with Gasteiger partial charge in [-0.25, -0.2) is 9.67 Å². The van der Waals surface area contributed by atoms with Crippen molar-refractivity contribution in [2.75, 3.05) is 12.3 Å². The van der Waals surface area contributed by atoms with E-state index in [0.717, 1.165) is 55.0 Å². The number of aromatic nitrogens is 8. The van der Waals surface area contributed by atoms with Gasteiger partial charge >= 0.3 is 0 Å². The molecule has 3 aromatic rings. The van der Waals surface area contributed by atoms with E-state index in [9.17, 15) is 0 Å². The topological polar surface area (TPSA) is 91.3 Å². The number of aryl methyl sites for hydroxylation is 3. The van der Waals surface area contributed by atoms with Crippen molar-refractivity contribution in [1.29, 1.82) is 0 Å². The van der Waals surface area contributed by atoms with Crippen molar-refractivity contribution in [2.24, 2.45) is 7.05 Å². The summed E-state index contributed by atoms with van der Waals surface area (Å²) in [6.07, 6.45) is 4.92. The summed E-state index contributed by atoms with van der Waals surface area (Å²) in [6.45, 7) is 3.69. The molecule has 0 radical (unpaired) electrons. The van der Waals surface area contributed by atoms with Crippen LogP contribution >= 0.6 is 36.6 Å². The third kappa shape index (κ3) is 4.37. The van der Waals surface area contributed by atoms with Crippen molar-refractivity contribution in [3.63, 3.8) is 0 Å². The van der Waals surface area contributed by atoms with Gasteiger partial charge in [0, 0.05) is 44.8 Å². The van der Waals surface area contributed by atoms with Gasteiger partial charge in [0.05, 0.1) is 5.69 Å². The number of halogens is 2. The normalized spacial score (nSPS) is 13.4. The predicted octanol–water partition coefficient (Wildman–Crippen LogP) is 1.40. The smallest absolute Gasteiger partial charge is 0.209 e. The van der Waals surface area contributed by atoms with E-state index in [0.29, 0.717) is 0 Å². The van der Waals surface area contributed by atoms with E-state index in [2.05, 4.69) is 41.1 Å². The maximum Gasteiger partial charge on any atom is 0.209 e. The van der Waals surface area contributed by atoms with Crippen molar-refractivity contribution < 1.29 is 0 Å². The molecule has 3 aromatic heterocycles. The Balaban J connectivity index is 0.00000121. The van der Waals surface area contributed by atoms with Gasteiger partial charge in [-0.15, -0.1) is 29.9 Å². The summed E-state index contributed by atoms with van der Waals surface area (Å²) in [6, 6.07) is 2.14. The van der Waals surface area contributed by atoms with Crippen LogP contribution in [0, 0.1) is 0 Å². The second kappa shape index (κ2) is 9.36. The summed E-state index contributed by atoms with van der Waals surface area (Å²) in [4.78, 5) is 4.50. The van der Waals surface area contributed by atoms with Gasteiger partial charge in [-0.1, -0.05) is 11.8 Å². The van der Waals surface area contributed by atoms with Gasteiger partial charge < -0.3 is 9.88 Å². The second-order valence-corrected chi connectivity index (χ2v) is 6.71. The molecule has 0 bridgehead atoms. The number of nitrogens with one attached hydrogen (secondary N) is 1. The molecule has 4 rings (SSSR count). The zero-order valence-electron chi connectivity index (χ0n) is 14.3. The van der Waals surface area contributed by atoms with Crippen molar-refractivity contribution in [3.8, 4) is 11.5 Å². The monoisotopic (exact) mass is 417 g/mol. The van der Waals surface area contributed by atoms with Crippen molar-refractivity contribution in [1.82, 2.24) is 44.9 Å². The van der Waals surface area contributed by atoms with Crippen LogP contribution in [-0.4, -0.2) is 51.8 Å². The number of tetrazole rings is 1. The molecule has 0 atom stereocenters. The van der Waals surface area contributed by atoms with Gasteiger partial charge in [0.15, 0.2) is 5.82 Å². The lowest BCUT2D eigenvalue weighted by Crippen LogP contribution is -2.11. The van der Waals surface area contributed by atoms with E-state index < -0.39 is 0 Å². The number of rotatable bonds is 5. The number of thioether (sulfide) groups is 1. The first-order valence-electron chi connectivity index (χ1n) is 7.95. The molecular formula is C14H21Cl2N9S. The highest BCUT2D eigenvalue weighted by Gasteiger charge is 2.15. The summed E-state index contributed by atoms with van der Waals surface area (Å²) in [7, 11) is 1.84. The molecule has 1 aliphatic rings. The zero-order chi connectivity index (χ0) is 16.4. The van der Waals surface area contributed by atoms with E-state index in [1.165, 1.54) is 5.69 Å². The molecular weight excluding hydrogens is 397 g/mol. The Hall–Kier alpha value is -1.62. The highest BCUT2D eigenvalue weighted by atomic mass is 35.5. The molecule has 0 unspecified atom stereocenters. The molecule has 9 nitrogen and oxygen atoms in total. The highest BCUT2D eigenvalue weighted by Crippen LogP contribution is 2.20. The number of hydrogen-bond donors (Lipinski definition) is 1. The third-order valence-corrected chi connectivity index (χ3v) is 4.97. The molecule has 0 saturated carbocycles. The summed E-state index contributed by atoms with van der Waals surface area (Å²) >= 11 is 1.63. The summed E-state index contributed by atoms with van der Waals surface area (Å²) in [5.41, 5.74) is 2.15. The van der Waals surface area contributed by atoms with Crippen LogP contribution in [0.25, 0.3) is 11.5 Å². The summed E-state index contributed by atoms with van der Waals surface area (Å²) in [5, 5.41) is 20.4. The number of fused-ring (bicyclic) bond motifs is 1. The second-order valence-electron chi connectivity index (χ2n) is 5.65. The quantitative estimate of drug-likeness (QED) is 0.627. The average Bonchev–Trinajstić information content (AvgIpc) is 3.26. The zero-order valence-corrected chi connectivity index (χ0v) is 16.7. The van der Waals surface area contributed by atoms with Crippen LogP contribution < -0.4 is 5.32 Å². The minimum atomic E-state index is 0. The fourth-order valence-corrected chi connectivity index (χ4v) is 3.56. The first-order chi connectivity index (χ1) is 11.8. The Morgan fingerprint density at radius 3 is 3.00 bits per heavy atom. The Morgan fingerprint density at radius 1 is 1.31 bits per heavy atom. The molecule has 4 heterocycles. The fraction of sp³-hybridized carbons (Fsp3) is 0.500. The van der Waals surface area contributed by atoms with Crippen molar-refractivity contribution in [2.45, 2.75) is 31.2 Å². The molecule has 12 heteroatoms. The van der Waals surface area contributed by atoms with Crippen molar-refractivity contribution >= 4 is 36.6 Å². The van der Waals surface area contributed by atoms with Crippen molar-refractivity contribution in [3.05, 3.63) is 24.2 Å². The Morgan fingerprint density at radius 2 is 2.19 bits per heavy atom. The van der Waals surface area contributed by atoms with E-state index in [1.54, 1.807) is 16.4 Å². The molecule has 0 fully saturated rings. The molecule has 142 valence electrons. The van der Waals surface area contributed by atoms with Gasteiger partial charge in [0.1, 0.15) is 5.69 Å². The van der Waals surface area contributed by atoms with E-state index in [4.69, 9.17) is 5.10 Å². The van der Waals surface area contributed by atoms with Gasteiger partial charge in [-0.05, 0) is 29.5 Å². The Bertz CT molecular complexity index is 805. The molecule has 0 amide bonds. The van der Waals surface area contributed by atoms with Crippen LogP contribution in [0.5, 0.6) is 0 Å². The first kappa shape index (κ1) is 20.7. The highest BCUT2D eigenvalue weighted by molar-refractivity contribution is 7.99. The van der Waals surface area contributed by atoms with Crippen LogP contribution in [0.2, 0.25) is 0 Å². The lowest BCUT2D eigenvalue weighted by molar-refractivity contribution is 0.587. The van der Waals surface area contributed by atoms with Crippen LogP contribution in [-0.2, 0) is 26.7 Å². The number of nitrogens with zero attached hydrogens (tertiary/aromatic N) is 8. The molecule has 0 aromatic carbocycles. The molecule has 1 aliphatic heterocycles. The lowest BCUT2D eigenvalue weighted by Gasteiger charge is -2.05. The standard InChI is InChI=1S/C14H19N9S.2ClH/c1-21-14(17-19-20-21)24-8-7-22-6-4-16-13(22)12-9-11-10-15-3-2-5-23(11)18-12;;/h4,6,9,15H,2-3,5,7-8,10H2,1H3;2*1H. The van der Waals surface area contributed by atoms with Gasteiger partial charge in [0.2, 0.25) is 5.16 Å². The number of hydrogen-bond acceptors (Lipinski definition) is 7. The van der Waals surface area contributed by atoms with Gasteiger partial charge in [-0.2, -0.15) is 5.10 Å². The molecule has 1 N–H and O–H groups in total. The van der Waals surface area contributed by atoms with Gasteiger partial charge in [-0.3, -0.25) is 4.68 Å². The van der Waals surface area contributed by atoms with E-state index in [1.807, 2.05) is 19.4 Å². The number of imidazole rings is 1. The largest absolute Gasteiger partial charge is 0.329 e. The maximum atomic E-state index is 4.74. The van der Waals surface area contributed by atoms with Crippen LogP contribution in [0.15, 0.2) is 23.6 Å². The molecule has 0 spiro atoms. The minimum Gasteiger partial charge on any atom is -0.329 e.